The highest BCUT2D eigenvalue weighted by molar-refractivity contribution is 4.90. The second-order valence-electron chi connectivity index (χ2n) is 6.30. The molecule has 0 aromatic rings. The van der Waals surface area contributed by atoms with Gasteiger partial charge in [0.2, 0.25) is 0 Å². The van der Waals surface area contributed by atoms with Gasteiger partial charge in [-0.1, -0.05) is 26.2 Å². The first-order valence-corrected chi connectivity index (χ1v) is 7.70. The minimum absolute atomic E-state index is 0.590. The second kappa shape index (κ2) is 6.19. The molecule has 1 unspecified atom stereocenters. The Balaban J connectivity index is 1.93. The van der Waals surface area contributed by atoms with Gasteiger partial charge < -0.3 is 10.2 Å². The zero-order valence-corrected chi connectivity index (χ0v) is 11.8. The highest BCUT2D eigenvalue weighted by atomic mass is 15.2. The quantitative estimate of drug-likeness (QED) is 0.792. The average molecular weight is 238 g/mol. The number of hydrogen-bond donors (Lipinski definition) is 1. The van der Waals surface area contributed by atoms with E-state index in [2.05, 4.69) is 24.1 Å². The van der Waals surface area contributed by atoms with E-state index in [0.29, 0.717) is 5.41 Å². The van der Waals surface area contributed by atoms with E-state index in [1.54, 1.807) is 0 Å². The molecule has 1 saturated carbocycles. The van der Waals surface area contributed by atoms with Gasteiger partial charge in [-0.25, -0.2) is 0 Å². The van der Waals surface area contributed by atoms with Crippen LogP contribution in [0, 0.1) is 5.41 Å². The van der Waals surface area contributed by atoms with E-state index in [1.807, 2.05) is 0 Å². The first-order chi connectivity index (χ1) is 8.26. The van der Waals surface area contributed by atoms with Gasteiger partial charge in [-0.2, -0.15) is 0 Å². The Kier molecular flexibility index (Phi) is 4.87. The Bertz CT molecular complexity index is 221. The first-order valence-electron chi connectivity index (χ1n) is 7.70. The summed E-state index contributed by atoms with van der Waals surface area (Å²) in [7, 11) is 0. The van der Waals surface area contributed by atoms with Crippen LogP contribution in [0.3, 0.4) is 0 Å². The van der Waals surface area contributed by atoms with Crippen LogP contribution in [0.15, 0.2) is 0 Å². The van der Waals surface area contributed by atoms with Crippen LogP contribution >= 0.6 is 0 Å². The van der Waals surface area contributed by atoms with Crippen LogP contribution < -0.4 is 5.32 Å². The fourth-order valence-electron chi connectivity index (χ4n) is 3.74. The molecular weight excluding hydrogens is 208 g/mol. The Labute approximate surface area is 107 Å². The van der Waals surface area contributed by atoms with Crippen LogP contribution in [0.4, 0.5) is 0 Å². The van der Waals surface area contributed by atoms with Crippen molar-refractivity contribution < 1.29 is 0 Å². The summed E-state index contributed by atoms with van der Waals surface area (Å²) in [5.74, 6) is 0. The largest absolute Gasteiger partial charge is 0.316 e. The van der Waals surface area contributed by atoms with E-state index in [9.17, 15) is 0 Å². The summed E-state index contributed by atoms with van der Waals surface area (Å²) in [5, 5.41) is 3.62. The van der Waals surface area contributed by atoms with Gasteiger partial charge in [0.15, 0.2) is 0 Å². The third kappa shape index (κ3) is 3.45. The molecule has 1 heterocycles. The fourth-order valence-corrected chi connectivity index (χ4v) is 3.74. The van der Waals surface area contributed by atoms with E-state index in [1.165, 1.54) is 64.6 Å². The summed E-state index contributed by atoms with van der Waals surface area (Å²) < 4.78 is 0. The molecule has 1 aliphatic carbocycles. The van der Waals surface area contributed by atoms with Gasteiger partial charge in [0, 0.05) is 19.1 Å². The van der Waals surface area contributed by atoms with Gasteiger partial charge in [0.25, 0.3) is 0 Å². The molecule has 2 heteroatoms. The van der Waals surface area contributed by atoms with Crippen LogP contribution in [0.5, 0.6) is 0 Å². The first kappa shape index (κ1) is 13.4. The van der Waals surface area contributed by atoms with Crippen molar-refractivity contribution in [1.82, 2.24) is 10.2 Å². The summed E-state index contributed by atoms with van der Waals surface area (Å²) in [6.07, 6.45) is 10.1. The predicted molar refractivity (Wildman–Crippen MR) is 74.3 cm³/mol. The molecule has 0 amide bonds. The van der Waals surface area contributed by atoms with Gasteiger partial charge in [0.05, 0.1) is 0 Å². The van der Waals surface area contributed by atoms with Crippen LogP contribution in [0.25, 0.3) is 0 Å². The summed E-state index contributed by atoms with van der Waals surface area (Å²) in [6.45, 7) is 9.70. The molecule has 0 radical (unpaired) electrons. The zero-order chi connectivity index (χ0) is 12.1. The molecule has 0 bridgehead atoms. The van der Waals surface area contributed by atoms with Crippen molar-refractivity contribution in [3.63, 3.8) is 0 Å². The molecular formula is C15H30N2. The molecule has 0 spiro atoms. The Morgan fingerprint density at radius 2 is 1.94 bits per heavy atom. The van der Waals surface area contributed by atoms with Crippen molar-refractivity contribution in [3.05, 3.63) is 0 Å². The predicted octanol–water partition coefficient (Wildman–Crippen LogP) is 3.03. The zero-order valence-electron chi connectivity index (χ0n) is 11.8. The van der Waals surface area contributed by atoms with Crippen molar-refractivity contribution in [3.8, 4) is 0 Å². The normalized spacial score (nSPS) is 29.6. The van der Waals surface area contributed by atoms with Crippen molar-refractivity contribution in [2.75, 3.05) is 26.2 Å². The lowest BCUT2D eigenvalue weighted by atomic mass is 9.73. The van der Waals surface area contributed by atoms with Gasteiger partial charge in [0.1, 0.15) is 0 Å². The Morgan fingerprint density at radius 3 is 2.53 bits per heavy atom. The molecule has 2 nitrogen and oxygen atoms in total. The summed E-state index contributed by atoms with van der Waals surface area (Å²) in [4.78, 5) is 2.75. The van der Waals surface area contributed by atoms with E-state index < -0.39 is 0 Å². The number of hydrogen-bond acceptors (Lipinski definition) is 2. The van der Waals surface area contributed by atoms with Crippen molar-refractivity contribution in [2.45, 2.75) is 64.8 Å². The Morgan fingerprint density at radius 1 is 1.18 bits per heavy atom. The molecule has 0 aromatic carbocycles. The smallest absolute Gasteiger partial charge is 0.00676 e. The molecule has 100 valence electrons. The van der Waals surface area contributed by atoms with E-state index in [4.69, 9.17) is 0 Å². The van der Waals surface area contributed by atoms with E-state index in [0.717, 1.165) is 12.6 Å². The molecule has 17 heavy (non-hydrogen) atoms. The number of nitrogens with zero attached hydrogens (tertiary/aromatic N) is 1. The van der Waals surface area contributed by atoms with Crippen LogP contribution in [-0.2, 0) is 0 Å². The van der Waals surface area contributed by atoms with Crippen molar-refractivity contribution in [2.24, 2.45) is 5.41 Å². The van der Waals surface area contributed by atoms with Crippen LogP contribution in [0.2, 0.25) is 0 Å². The number of nitrogens with one attached hydrogen (secondary N) is 1. The fraction of sp³-hybridized carbons (Fsp3) is 1.00. The topological polar surface area (TPSA) is 15.3 Å². The summed E-state index contributed by atoms with van der Waals surface area (Å²) >= 11 is 0. The van der Waals surface area contributed by atoms with Crippen molar-refractivity contribution in [1.29, 1.82) is 0 Å². The lowest BCUT2D eigenvalue weighted by Gasteiger charge is -2.41. The lowest BCUT2D eigenvalue weighted by molar-refractivity contribution is 0.0991. The molecule has 1 N–H and O–H groups in total. The lowest BCUT2D eigenvalue weighted by Crippen LogP contribution is -2.46. The van der Waals surface area contributed by atoms with Gasteiger partial charge in [-0.3, -0.25) is 0 Å². The van der Waals surface area contributed by atoms with Crippen LogP contribution in [0.1, 0.15) is 58.8 Å². The second-order valence-corrected chi connectivity index (χ2v) is 6.30. The highest BCUT2D eigenvalue weighted by Crippen LogP contribution is 2.38. The molecule has 2 rings (SSSR count). The molecule has 0 aromatic heterocycles. The van der Waals surface area contributed by atoms with Crippen LogP contribution in [-0.4, -0.2) is 37.1 Å². The van der Waals surface area contributed by atoms with E-state index in [-0.39, 0.29) is 0 Å². The standard InChI is InChI=1S/C15H30N2/c1-3-16-12-15(9-5-4-6-10-15)13-17-11-7-8-14(17)2/h14,16H,3-13H2,1-2H3. The maximum Gasteiger partial charge on any atom is 0.00676 e. The number of rotatable bonds is 5. The highest BCUT2D eigenvalue weighted by Gasteiger charge is 2.35. The maximum absolute atomic E-state index is 3.62. The molecule has 2 fully saturated rings. The molecule has 1 saturated heterocycles. The van der Waals surface area contributed by atoms with Gasteiger partial charge in [-0.05, 0) is 51.1 Å². The third-order valence-corrected chi connectivity index (χ3v) is 4.89. The molecule has 2 aliphatic rings. The number of likely N-dealkylation sites (tertiary alicyclic amines) is 1. The monoisotopic (exact) mass is 238 g/mol. The summed E-state index contributed by atoms with van der Waals surface area (Å²) in [6, 6.07) is 0.829. The SMILES string of the molecule is CCNCC1(CN2CCCC2C)CCCCC1. The summed E-state index contributed by atoms with van der Waals surface area (Å²) in [5.41, 5.74) is 0.590. The van der Waals surface area contributed by atoms with E-state index >= 15 is 0 Å². The molecule has 1 atom stereocenters. The minimum Gasteiger partial charge on any atom is -0.316 e. The van der Waals surface area contributed by atoms with Gasteiger partial charge >= 0.3 is 0 Å². The Hall–Kier alpha value is -0.0800. The maximum atomic E-state index is 3.62. The third-order valence-electron chi connectivity index (χ3n) is 4.89. The van der Waals surface area contributed by atoms with Gasteiger partial charge in [-0.15, -0.1) is 0 Å². The minimum atomic E-state index is 0.590. The average Bonchev–Trinajstić information content (AvgIpc) is 2.74. The molecule has 1 aliphatic heterocycles. The van der Waals surface area contributed by atoms with Crippen molar-refractivity contribution >= 4 is 0 Å².